The number of nitrogens with one attached hydrogen (secondary N) is 2. The summed E-state index contributed by atoms with van der Waals surface area (Å²) in [4.78, 5) is 14.9. The lowest BCUT2D eigenvalue weighted by Gasteiger charge is -2.24. The van der Waals surface area contributed by atoms with Gasteiger partial charge in [0.2, 0.25) is 17.8 Å². The number of nitrogen functional groups attached to an aromatic ring is 1. The lowest BCUT2D eigenvalue weighted by atomic mass is 10.2. The van der Waals surface area contributed by atoms with Crippen LogP contribution in [0.5, 0.6) is 5.75 Å². The Morgan fingerprint density at radius 2 is 1.59 bits per heavy atom. The molecule has 1 fully saturated rings. The monoisotopic (exact) mass is 553 g/mol. The number of nitrogens with two attached hydrogens (primary N) is 1. The molecule has 0 amide bonds. The summed E-state index contributed by atoms with van der Waals surface area (Å²) in [5, 5.41) is 6.18. The van der Waals surface area contributed by atoms with E-state index in [4.69, 9.17) is 34.2 Å². The molecule has 39 heavy (non-hydrogen) atoms. The maximum atomic E-state index is 14.0. The number of hydrogen-bond donors (Lipinski definition) is 3. The SMILES string of the molecule is COCCOCCOCCOCCOCN1CCCC1CNc1nc(N)nc(Nc2ccc(OC)c(F)c2)n1. The van der Waals surface area contributed by atoms with Gasteiger partial charge in [0, 0.05) is 38.0 Å². The van der Waals surface area contributed by atoms with Crippen molar-refractivity contribution in [3.63, 3.8) is 0 Å². The molecular formula is C25H40FN7O6. The minimum absolute atomic E-state index is 0.0522. The average molecular weight is 554 g/mol. The number of halogens is 1. The number of benzene rings is 1. The Labute approximate surface area is 228 Å². The molecule has 0 radical (unpaired) electrons. The summed E-state index contributed by atoms with van der Waals surface area (Å²) in [6.07, 6.45) is 2.10. The topological polar surface area (TPSA) is 147 Å². The quantitative estimate of drug-likeness (QED) is 0.205. The molecule has 0 aliphatic carbocycles. The largest absolute Gasteiger partial charge is 0.494 e. The van der Waals surface area contributed by atoms with E-state index >= 15 is 0 Å². The van der Waals surface area contributed by atoms with E-state index in [0.717, 1.165) is 19.4 Å². The highest BCUT2D eigenvalue weighted by Gasteiger charge is 2.24. The van der Waals surface area contributed by atoms with E-state index < -0.39 is 5.82 Å². The Morgan fingerprint density at radius 3 is 2.26 bits per heavy atom. The van der Waals surface area contributed by atoms with Crippen LogP contribution >= 0.6 is 0 Å². The van der Waals surface area contributed by atoms with Gasteiger partial charge in [-0.1, -0.05) is 0 Å². The number of anilines is 4. The smallest absolute Gasteiger partial charge is 0.233 e. The summed E-state index contributed by atoms with van der Waals surface area (Å²) < 4.78 is 46.0. The van der Waals surface area contributed by atoms with Crippen LogP contribution in [0.2, 0.25) is 0 Å². The first-order valence-electron chi connectivity index (χ1n) is 13.0. The zero-order valence-electron chi connectivity index (χ0n) is 22.7. The number of methoxy groups -OCH3 is 2. The summed E-state index contributed by atoms with van der Waals surface area (Å²) in [5.74, 6) is 0.252. The number of aromatic nitrogens is 3. The minimum Gasteiger partial charge on any atom is -0.494 e. The van der Waals surface area contributed by atoms with Crippen LogP contribution in [0.4, 0.5) is 27.9 Å². The zero-order valence-corrected chi connectivity index (χ0v) is 22.7. The van der Waals surface area contributed by atoms with Crippen LogP contribution in [0.15, 0.2) is 18.2 Å². The van der Waals surface area contributed by atoms with E-state index in [9.17, 15) is 4.39 Å². The highest BCUT2D eigenvalue weighted by Crippen LogP contribution is 2.23. The Balaban J connectivity index is 1.31. The van der Waals surface area contributed by atoms with Gasteiger partial charge in [-0.25, -0.2) is 4.39 Å². The summed E-state index contributed by atoms with van der Waals surface area (Å²) in [6.45, 7) is 6.34. The van der Waals surface area contributed by atoms with E-state index in [2.05, 4.69) is 30.5 Å². The number of ether oxygens (including phenoxy) is 6. The van der Waals surface area contributed by atoms with E-state index in [1.165, 1.54) is 19.2 Å². The average Bonchev–Trinajstić information content (AvgIpc) is 3.37. The molecule has 14 heteroatoms. The second-order valence-corrected chi connectivity index (χ2v) is 8.67. The second kappa shape index (κ2) is 17.7. The first-order chi connectivity index (χ1) is 19.1. The third-order valence-electron chi connectivity index (χ3n) is 5.86. The molecule has 1 atom stereocenters. The van der Waals surface area contributed by atoms with Crippen LogP contribution in [0, 0.1) is 5.82 Å². The fourth-order valence-electron chi connectivity index (χ4n) is 3.89. The van der Waals surface area contributed by atoms with Gasteiger partial charge in [-0.2, -0.15) is 15.0 Å². The lowest BCUT2D eigenvalue weighted by Crippen LogP contribution is -2.37. The molecule has 2 heterocycles. The van der Waals surface area contributed by atoms with Crippen molar-refractivity contribution >= 4 is 23.5 Å². The van der Waals surface area contributed by atoms with Gasteiger partial charge in [0.25, 0.3) is 0 Å². The minimum atomic E-state index is -0.498. The Hall–Kier alpha value is -2.88. The number of rotatable bonds is 20. The van der Waals surface area contributed by atoms with Crippen molar-refractivity contribution in [2.45, 2.75) is 18.9 Å². The van der Waals surface area contributed by atoms with Crippen molar-refractivity contribution in [3.8, 4) is 5.75 Å². The highest BCUT2D eigenvalue weighted by molar-refractivity contribution is 5.56. The molecule has 1 aromatic carbocycles. The first-order valence-corrected chi connectivity index (χ1v) is 13.0. The van der Waals surface area contributed by atoms with E-state index in [1.54, 1.807) is 13.2 Å². The van der Waals surface area contributed by atoms with Crippen LogP contribution in [-0.4, -0.2) is 113 Å². The second-order valence-electron chi connectivity index (χ2n) is 8.67. The van der Waals surface area contributed by atoms with Crippen molar-refractivity contribution in [2.75, 3.05) is 103 Å². The van der Waals surface area contributed by atoms with E-state index in [0.29, 0.717) is 77.8 Å². The van der Waals surface area contributed by atoms with E-state index in [-0.39, 0.29) is 23.7 Å². The van der Waals surface area contributed by atoms with E-state index in [1.807, 2.05) is 0 Å². The van der Waals surface area contributed by atoms with Crippen LogP contribution in [0.1, 0.15) is 12.8 Å². The van der Waals surface area contributed by atoms with Gasteiger partial charge in [-0.15, -0.1) is 0 Å². The Bertz CT molecular complexity index is 977. The molecule has 0 saturated carbocycles. The molecule has 13 nitrogen and oxygen atoms in total. The molecule has 1 saturated heterocycles. The third-order valence-corrected chi connectivity index (χ3v) is 5.86. The molecule has 0 bridgehead atoms. The Morgan fingerprint density at radius 1 is 0.923 bits per heavy atom. The van der Waals surface area contributed by atoms with Gasteiger partial charge in [-0.05, 0) is 25.0 Å². The first kappa shape index (κ1) is 30.7. The summed E-state index contributed by atoms with van der Waals surface area (Å²) >= 11 is 0. The number of hydrogen-bond acceptors (Lipinski definition) is 13. The molecular weight excluding hydrogens is 513 g/mol. The maximum absolute atomic E-state index is 14.0. The van der Waals surface area contributed by atoms with Gasteiger partial charge in [0.05, 0.1) is 66.7 Å². The standard InChI is InChI=1S/C25H40FN7O6/c1-34-8-9-36-10-11-37-12-13-38-14-15-39-18-33-7-3-4-20(33)17-28-24-30-23(27)31-25(32-24)29-19-5-6-22(35-2)21(26)16-19/h5-6,16,20H,3-4,7-15,17-18H2,1-2H3,(H4,27,28,29,30,31,32). The molecule has 3 rings (SSSR count). The van der Waals surface area contributed by atoms with Crippen LogP contribution in [0.3, 0.4) is 0 Å². The molecule has 218 valence electrons. The zero-order chi connectivity index (χ0) is 27.7. The number of likely N-dealkylation sites (tertiary alicyclic amines) is 1. The van der Waals surface area contributed by atoms with Gasteiger partial charge < -0.3 is 44.8 Å². The molecule has 1 aromatic heterocycles. The van der Waals surface area contributed by atoms with Gasteiger partial charge in [0.1, 0.15) is 0 Å². The van der Waals surface area contributed by atoms with Crippen molar-refractivity contribution in [1.29, 1.82) is 0 Å². The summed E-state index contributed by atoms with van der Waals surface area (Å²) in [6, 6.07) is 4.73. The number of nitrogens with zero attached hydrogens (tertiary/aromatic N) is 4. The molecule has 1 aliphatic rings. The molecule has 4 N–H and O–H groups in total. The van der Waals surface area contributed by atoms with Gasteiger partial charge in [0.15, 0.2) is 11.6 Å². The maximum Gasteiger partial charge on any atom is 0.233 e. The van der Waals surface area contributed by atoms with Crippen LogP contribution < -0.4 is 21.1 Å². The van der Waals surface area contributed by atoms with Crippen LogP contribution in [-0.2, 0) is 23.7 Å². The fourth-order valence-corrected chi connectivity index (χ4v) is 3.89. The molecule has 2 aromatic rings. The predicted molar refractivity (Wildman–Crippen MR) is 144 cm³/mol. The normalized spacial score (nSPS) is 15.5. The van der Waals surface area contributed by atoms with Crippen molar-refractivity contribution < 1.29 is 32.8 Å². The lowest BCUT2D eigenvalue weighted by molar-refractivity contribution is -0.0267. The summed E-state index contributed by atoms with van der Waals surface area (Å²) in [5.41, 5.74) is 6.33. The molecule has 0 spiro atoms. The van der Waals surface area contributed by atoms with Crippen LogP contribution in [0.25, 0.3) is 0 Å². The van der Waals surface area contributed by atoms with Crippen molar-refractivity contribution in [1.82, 2.24) is 19.9 Å². The van der Waals surface area contributed by atoms with Crippen molar-refractivity contribution in [2.24, 2.45) is 0 Å². The van der Waals surface area contributed by atoms with Gasteiger partial charge >= 0.3 is 0 Å². The predicted octanol–water partition coefficient (Wildman–Crippen LogP) is 1.89. The fraction of sp³-hybridized carbons (Fsp3) is 0.640. The highest BCUT2D eigenvalue weighted by atomic mass is 19.1. The molecule has 1 aliphatic heterocycles. The van der Waals surface area contributed by atoms with Crippen molar-refractivity contribution in [3.05, 3.63) is 24.0 Å². The third kappa shape index (κ3) is 11.4. The molecule has 1 unspecified atom stereocenters. The van der Waals surface area contributed by atoms with Gasteiger partial charge in [-0.3, -0.25) is 4.90 Å². The Kier molecular flexibility index (Phi) is 13.9. The summed E-state index contributed by atoms with van der Waals surface area (Å²) in [7, 11) is 3.05.